The molecule has 0 amide bonds. The Kier molecular flexibility index (Phi) is 5.33. The van der Waals surface area contributed by atoms with Gasteiger partial charge in [-0.2, -0.15) is 4.37 Å². The summed E-state index contributed by atoms with van der Waals surface area (Å²) in [6, 6.07) is 7.46. The van der Waals surface area contributed by atoms with Crippen molar-refractivity contribution in [2.24, 2.45) is 0 Å². The number of fused-ring (bicyclic) bond motifs is 1. The molecule has 0 radical (unpaired) electrons. The van der Waals surface area contributed by atoms with Gasteiger partial charge >= 0.3 is 0 Å². The van der Waals surface area contributed by atoms with Gasteiger partial charge in [-0.05, 0) is 62.6 Å². The summed E-state index contributed by atoms with van der Waals surface area (Å²) in [6.45, 7) is 4.12. The quantitative estimate of drug-likeness (QED) is 0.661. The van der Waals surface area contributed by atoms with Gasteiger partial charge in [-0.1, -0.05) is 30.2 Å². The molecule has 0 N–H and O–H groups in total. The molecule has 26 heavy (non-hydrogen) atoms. The number of hydrogen-bond acceptors (Lipinski definition) is 5. The van der Waals surface area contributed by atoms with E-state index in [1.807, 2.05) is 24.3 Å². The molecule has 1 saturated heterocycles. The van der Waals surface area contributed by atoms with Crippen LogP contribution in [-0.2, 0) is 6.54 Å². The highest BCUT2D eigenvalue weighted by Gasteiger charge is 2.15. The number of hydrogen-bond donors (Lipinski definition) is 0. The van der Waals surface area contributed by atoms with Crippen molar-refractivity contribution >= 4 is 33.4 Å². The molecule has 0 aliphatic carbocycles. The highest BCUT2D eigenvalue weighted by atomic mass is 35.5. The van der Waals surface area contributed by atoms with Gasteiger partial charge in [-0.3, -0.25) is 9.36 Å². The third-order valence-electron chi connectivity index (χ3n) is 4.89. The van der Waals surface area contributed by atoms with Crippen LogP contribution in [0.15, 0.2) is 35.4 Å². The lowest BCUT2D eigenvalue weighted by Gasteiger charge is -2.26. The van der Waals surface area contributed by atoms with Crippen LogP contribution in [-0.4, -0.2) is 38.5 Å². The van der Waals surface area contributed by atoms with E-state index in [1.54, 1.807) is 10.9 Å². The number of halogens is 1. The Morgan fingerprint density at radius 2 is 1.85 bits per heavy atom. The number of piperidine rings is 1. The van der Waals surface area contributed by atoms with Crippen molar-refractivity contribution in [1.82, 2.24) is 18.8 Å². The summed E-state index contributed by atoms with van der Waals surface area (Å²) in [4.78, 5) is 19.8. The fourth-order valence-corrected chi connectivity index (χ4v) is 4.39. The Balaban J connectivity index is 1.52. The average molecular weight is 389 g/mol. The lowest BCUT2D eigenvalue weighted by molar-refractivity contribution is 0.222. The van der Waals surface area contributed by atoms with Crippen LogP contribution >= 0.6 is 23.1 Å². The number of nitrogens with zero attached hydrogens (tertiary/aromatic N) is 4. The molecule has 136 valence electrons. The molecule has 5 nitrogen and oxygen atoms in total. The first-order valence-corrected chi connectivity index (χ1v) is 10.2. The monoisotopic (exact) mass is 388 g/mol. The van der Waals surface area contributed by atoms with E-state index in [1.165, 1.54) is 43.9 Å². The van der Waals surface area contributed by atoms with Crippen molar-refractivity contribution in [2.45, 2.75) is 32.2 Å². The van der Waals surface area contributed by atoms with E-state index in [-0.39, 0.29) is 5.56 Å². The van der Waals surface area contributed by atoms with E-state index in [4.69, 9.17) is 11.6 Å². The van der Waals surface area contributed by atoms with Gasteiger partial charge in [0.2, 0.25) is 0 Å². The Morgan fingerprint density at radius 1 is 1.08 bits per heavy atom. The van der Waals surface area contributed by atoms with Crippen LogP contribution in [0.25, 0.3) is 21.5 Å². The van der Waals surface area contributed by atoms with Crippen LogP contribution in [0.3, 0.4) is 0 Å². The Morgan fingerprint density at radius 3 is 2.62 bits per heavy atom. The van der Waals surface area contributed by atoms with Crippen molar-refractivity contribution in [3.05, 3.63) is 46.0 Å². The molecule has 1 aromatic carbocycles. The highest BCUT2D eigenvalue weighted by molar-refractivity contribution is 7.13. The third kappa shape index (κ3) is 3.68. The van der Waals surface area contributed by atoms with Gasteiger partial charge in [0.25, 0.3) is 5.56 Å². The van der Waals surface area contributed by atoms with Crippen molar-refractivity contribution in [3.63, 3.8) is 0 Å². The summed E-state index contributed by atoms with van der Waals surface area (Å²) in [6.07, 6.45) is 6.56. The largest absolute Gasteiger partial charge is 0.303 e. The Labute approximate surface area is 161 Å². The molecule has 4 rings (SSSR count). The first-order valence-electron chi connectivity index (χ1n) is 9.05. The summed E-state index contributed by atoms with van der Waals surface area (Å²) in [5.74, 6) is 0. The van der Waals surface area contributed by atoms with Crippen molar-refractivity contribution < 1.29 is 0 Å². The van der Waals surface area contributed by atoms with Crippen LogP contribution in [0.2, 0.25) is 5.02 Å². The van der Waals surface area contributed by atoms with Gasteiger partial charge in [0.15, 0.2) is 0 Å². The van der Waals surface area contributed by atoms with Crippen LogP contribution in [0.5, 0.6) is 0 Å². The van der Waals surface area contributed by atoms with Crippen molar-refractivity contribution in [3.8, 4) is 11.3 Å². The van der Waals surface area contributed by atoms with Gasteiger partial charge in [0, 0.05) is 17.1 Å². The number of likely N-dealkylation sites (tertiary alicyclic amines) is 1. The summed E-state index contributed by atoms with van der Waals surface area (Å²) in [5, 5.41) is 0.678. The minimum Gasteiger partial charge on any atom is -0.303 e. The Hall–Kier alpha value is -1.76. The SMILES string of the molecule is O=c1c2snc(-c3ccc(Cl)cc3)c2ncn1CCCN1CCCCC1. The number of aryl methyl sites for hydroxylation is 1. The zero-order valence-electron chi connectivity index (χ0n) is 14.5. The van der Waals surface area contributed by atoms with Gasteiger partial charge in [-0.25, -0.2) is 4.98 Å². The fraction of sp³-hybridized carbons (Fsp3) is 0.421. The standard InChI is InChI=1S/C19H21ClN4OS/c20-15-7-5-14(6-8-15)16-17-18(26-22-16)19(25)24(13-21-17)12-4-11-23-9-2-1-3-10-23/h5-8,13H,1-4,9-12H2. The maximum atomic E-state index is 12.8. The maximum Gasteiger partial charge on any atom is 0.272 e. The van der Waals surface area contributed by atoms with Crippen molar-refractivity contribution in [1.29, 1.82) is 0 Å². The van der Waals surface area contributed by atoms with Crippen LogP contribution in [0, 0.1) is 0 Å². The zero-order chi connectivity index (χ0) is 17.9. The van der Waals surface area contributed by atoms with Gasteiger partial charge < -0.3 is 4.90 Å². The van der Waals surface area contributed by atoms with Crippen LogP contribution < -0.4 is 5.56 Å². The second-order valence-corrected chi connectivity index (χ2v) is 7.92. The predicted molar refractivity (Wildman–Crippen MR) is 107 cm³/mol. The second kappa shape index (κ2) is 7.86. The number of rotatable bonds is 5. The van der Waals surface area contributed by atoms with E-state index in [2.05, 4.69) is 14.3 Å². The minimum absolute atomic E-state index is 0.00589. The molecule has 2 aromatic heterocycles. The summed E-state index contributed by atoms with van der Waals surface area (Å²) < 4.78 is 6.80. The second-order valence-electron chi connectivity index (χ2n) is 6.71. The molecule has 0 atom stereocenters. The smallest absolute Gasteiger partial charge is 0.272 e. The van der Waals surface area contributed by atoms with Gasteiger partial charge in [0.1, 0.15) is 15.9 Å². The molecule has 0 unspecified atom stereocenters. The highest BCUT2D eigenvalue weighted by Crippen LogP contribution is 2.28. The molecule has 3 aromatic rings. The van der Waals surface area contributed by atoms with E-state index < -0.39 is 0 Å². The molecule has 1 aliphatic rings. The zero-order valence-corrected chi connectivity index (χ0v) is 16.1. The van der Waals surface area contributed by atoms with Gasteiger partial charge in [0.05, 0.1) is 6.33 Å². The summed E-state index contributed by atoms with van der Waals surface area (Å²) in [5.41, 5.74) is 2.36. The van der Waals surface area contributed by atoms with E-state index >= 15 is 0 Å². The number of benzene rings is 1. The normalized spacial score (nSPS) is 15.6. The summed E-state index contributed by atoms with van der Waals surface area (Å²) >= 11 is 7.18. The average Bonchev–Trinajstić information content (AvgIpc) is 3.10. The fourth-order valence-electron chi connectivity index (χ4n) is 3.46. The summed E-state index contributed by atoms with van der Waals surface area (Å²) in [7, 11) is 0. The molecular weight excluding hydrogens is 368 g/mol. The number of aromatic nitrogens is 3. The molecule has 0 bridgehead atoms. The first-order chi connectivity index (χ1) is 12.7. The molecule has 0 saturated carbocycles. The minimum atomic E-state index is 0.00589. The van der Waals surface area contributed by atoms with Crippen LogP contribution in [0.4, 0.5) is 0 Å². The molecule has 1 aliphatic heterocycles. The molecular formula is C19H21ClN4OS. The van der Waals surface area contributed by atoms with E-state index in [0.29, 0.717) is 21.8 Å². The molecule has 1 fully saturated rings. The third-order valence-corrected chi connectivity index (χ3v) is 5.97. The van der Waals surface area contributed by atoms with Gasteiger partial charge in [-0.15, -0.1) is 0 Å². The topological polar surface area (TPSA) is 51.0 Å². The van der Waals surface area contributed by atoms with Crippen molar-refractivity contribution in [2.75, 3.05) is 19.6 Å². The van der Waals surface area contributed by atoms with Crippen LogP contribution in [0.1, 0.15) is 25.7 Å². The molecule has 0 spiro atoms. The predicted octanol–water partition coefficient (Wildman–Crippen LogP) is 4.05. The lowest BCUT2D eigenvalue weighted by atomic mass is 10.1. The maximum absolute atomic E-state index is 12.8. The molecule has 3 heterocycles. The van der Waals surface area contributed by atoms with E-state index in [0.717, 1.165) is 24.2 Å². The van der Waals surface area contributed by atoms with E-state index in [9.17, 15) is 4.79 Å². The lowest BCUT2D eigenvalue weighted by Crippen LogP contribution is -2.31. The first kappa shape index (κ1) is 17.6. The molecule has 7 heteroatoms. The Bertz CT molecular complexity index is 944.